The first-order valence-corrected chi connectivity index (χ1v) is 10.1. The molecule has 1 N–H and O–H groups in total. The van der Waals surface area contributed by atoms with Gasteiger partial charge in [-0.25, -0.2) is 9.97 Å². The smallest absolute Gasteiger partial charge is 0.143 e. The minimum absolute atomic E-state index is 0.204. The van der Waals surface area contributed by atoms with Crippen molar-refractivity contribution in [1.82, 2.24) is 9.97 Å². The molecule has 0 radical (unpaired) electrons. The molecular weight excluding hydrogens is 401 g/mol. The van der Waals surface area contributed by atoms with Crippen LogP contribution in [0.4, 0.5) is 5.82 Å². The summed E-state index contributed by atoms with van der Waals surface area (Å²) in [5, 5.41) is 3.76. The number of aromatic nitrogens is 2. The Balaban J connectivity index is 1.52. The van der Waals surface area contributed by atoms with E-state index >= 15 is 0 Å². The van der Waals surface area contributed by atoms with E-state index in [4.69, 9.17) is 4.74 Å². The lowest BCUT2D eigenvalue weighted by molar-refractivity contribution is -0.160. The van der Waals surface area contributed by atoms with Crippen LogP contribution in [0.25, 0.3) is 0 Å². The van der Waals surface area contributed by atoms with E-state index in [9.17, 15) is 0 Å². The predicted octanol–water partition coefficient (Wildman–Crippen LogP) is 4.04. The largest absolute Gasteiger partial charge is 0.374 e. The fourth-order valence-electron chi connectivity index (χ4n) is 4.98. The summed E-state index contributed by atoms with van der Waals surface area (Å²) in [4.78, 5) is 9.03. The molecule has 5 heteroatoms. The molecule has 0 bridgehead atoms. The van der Waals surface area contributed by atoms with Gasteiger partial charge in [-0.2, -0.15) is 0 Å². The summed E-state index contributed by atoms with van der Waals surface area (Å²) in [6.45, 7) is 5.45. The molecule has 0 aromatic carbocycles. The Morgan fingerprint density at radius 1 is 1.39 bits per heavy atom. The predicted molar refractivity (Wildman–Crippen MR) is 99.4 cm³/mol. The molecule has 3 aliphatic rings. The number of rotatable bonds is 4. The molecule has 126 valence electrons. The van der Waals surface area contributed by atoms with Gasteiger partial charge in [-0.1, -0.05) is 13.8 Å². The minimum Gasteiger partial charge on any atom is -0.374 e. The van der Waals surface area contributed by atoms with Crippen LogP contribution in [0.2, 0.25) is 0 Å². The summed E-state index contributed by atoms with van der Waals surface area (Å²) in [6, 6.07) is 0.508. The molecule has 0 amide bonds. The third-order valence-corrected chi connectivity index (χ3v) is 7.18. The Morgan fingerprint density at radius 2 is 2.26 bits per heavy atom. The maximum Gasteiger partial charge on any atom is 0.143 e. The molecule has 1 aromatic rings. The highest BCUT2D eigenvalue weighted by Gasteiger charge is 2.62. The lowest BCUT2D eigenvalue weighted by Crippen LogP contribution is -2.61. The summed E-state index contributed by atoms with van der Waals surface area (Å²) in [5.74, 6) is 3.13. The molecule has 2 heterocycles. The molecule has 2 saturated carbocycles. The molecule has 1 saturated heterocycles. The highest BCUT2D eigenvalue weighted by Crippen LogP contribution is 2.59. The summed E-state index contributed by atoms with van der Waals surface area (Å²) in [7, 11) is 0. The van der Waals surface area contributed by atoms with Crippen LogP contribution in [0.5, 0.6) is 0 Å². The van der Waals surface area contributed by atoms with Crippen LogP contribution in [0.3, 0.4) is 0 Å². The average Bonchev–Trinajstić information content (AvgIpc) is 2.78. The zero-order valence-corrected chi connectivity index (χ0v) is 16.2. The van der Waals surface area contributed by atoms with Crippen molar-refractivity contribution in [2.45, 2.75) is 64.0 Å². The number of hydrogen-bond acceptors (Lipinski definition) is 4. The van der Waals surface area contributed by atoms with E-state index in [0.717, 1.165) is 24.8 Å². The van der Waals surface area contributed by atoms with Crippen molar-refractivity contribution in [1.29, 1.82) is 0 Å². The van der Waals surface area contributed by atoms with Gasteiger partial charge in [0.05, 0.1) is 14.9 Å². The number of anilines is 1. The number of ether oxygens (including phenoxy) is 1. The monoisotopic (exact) mass is 427 g/mol. The maximum atomic E-state index is 6.24. The summed E-state index contributed by atoms with van der Waals surface area (Å²) >= 11 is 2.41. The first-order chi connectivity index (χ1) is 11.1. The summed E-state index contributed by atoms with van der Waals surface area (Å²) in [5.41, 5.74) is 1.38. The van der Waals surface area contributed by atoms with Crippen molar-refractivity contribution in [3.05, 3.63) is 15.6 Å². The van der Waals surface area contributed by atoms with E-state index in [1.807, 2.05) is 0 Å². The second-order valence-corrected chi connectivity index (χ2v) is 8.93. The van der Waals surface area contributed by atoms with E-state index < -0.39 is 0 Å². The normalized spacial score (nSPS) is 35.6. The van der Waals surface area contributed by atoms with Gasteiger partial charge in [-0.15, -0.1) is 0 Å². The molecule has 4 nitrogen and oxygen atoms in total. The molecule has 4 atom stereocenters. The zero-order valence-electron chi connectivity index (χ0n) is 14.0. The number of hydrogen-bond donors (Lipinski definition) is 1. The Bertz CT molecular complexity index is 594. The van der Waals surface area contributed by atoms with E-state index in [0.29, 0.717) is 17.9 Å². The third kappa shape index (κ3) is 2.68. The van der Waals surface area contributed by atoms with Crippen LogP contribution < -0.4 is 5.32 Å². The lowest BCUT2D eigenvalue weighted by Gasteiger charge is -2.57. The highest BCUT2D eigenvalue weighted by atomic mass is 127. The van der Waals surface area contributed by atoms with Crippen LogP contribution in [-0.2, 0) is 11.2 Å². The van der Waals surface area contributed by atoms with Gasteiger partial charge >= 0.3 is 0 Å². The fraction of sp³-hybridized carbons (Fsp3) is 0.778. The van der Waals surface area contributed by atoms with Crippen molar-refractivity contribution >= 4 is 28.4 Å². The molecule has 2 aliphatic carbocycles. The Morgan fingerprint density at radius 3 is 3.04 bits per heavy atom. The Hall–Kier alpha value is -0.430. The third-order valence-electron chi connectivity index (χ3n) is 6.05. The summed E-state index contributed by atoms with van der Waals surface area (Å²) < 4.78 is 7.44. The highest BCUT2D eigenvalue weighted by molar-refractivity contribution is 14.1. The van der Waals surface area contributed by atoms with Gasteiger partial charge in [-0.3, -0.25) is 0 Å². The van der Waals surface area contributed by atoms with E-state index in [2.05, 4.69) is 51.7 Å². The first-order valence-electron chi connectivity index (χ1n) is 9.00. The lowest BCUT2D eigenvalue weighted by atomic mass is 9.53. The van der Waals surface area contributed by atoms with Crippen LogP contribution in [0.1, 0.15) is 51.6 Å². The quantitative estimate of drug-likeness (QED) is 0.737. The summed E-state index contributed by atoms with van der Waals surface area (Å²) in [6.07, 6.45) is 9.10. The standard InChI is InChI=1S/C18H26IN3O/c1-11(2)8-15-16(19)17(21-10-20-15)22-14-4-3-6-18-12(5-7-23-18)9-13(14)18/h10-14H,3-9H2,1-2H3,(H,20,21,22). The van der Waals surface area contributed by atoms with Crippen LogP contribution >= 0.6 is 22.6 Å². The number of halogens is 1. The molecule has 1 spiro atoms. The van der Waals surface area contributed by atoms with Crippen molar-refractivity contribution in [3.63, 3.8) is 0 Å². The van der Waals surface area contributed by atoms with Gasteiger partial charge in [0.2, 0.25) is 0 Å². The van der Waals surface area contributed by atoms with Crippen LogP contribution in [0, 0.1) is 21.3 Å². The van der Waals surface area contributed by atoms with Gasteiger partial charge in [-0.05, 0) is 73.0 Å². The fourth-order valence-corrected chi connectivity index (χ4v) is 5.63. The first kappa shape index (κ1) is 16.1. The molecule has 1 aliphatic heterocycles. The van der Waals surface area contributed by atoms with E-state index in [1.165, 1.54) is 41.4 Å². The number of nitrogens with zero attached hydrogens (tertiary/aromatic N) is 2. The molecule has 23 heavy (non-hydrogen) atoms. The topological polar surface area (TPSA) is 47.0 Å². The van der Waals surface area contributed by atoms with Gasteiger partial charge in [0.25, 0.3) is 0 Å². The van der Waals surface area contributed by atoms with E-state index in [1.54, 1.807) is 6.33 Å². The Labute approximate surface area is 152 Å². The minimum atomic E-state index is 0.204. The van der Waals surface area contributed by atoms with Crippen LogP contribution in [-0.4, -0.2) is 28.2 Å². The second kappa shape index (κ2) is 6.14. The number of nitrogens with one attached hydrogen (secondary N) is 1. The van der Waals surface area contributed by atoms with Gasteiger partial charge in [0, 0.05) is 18.6 Å². The van der Waals surface area contributed by atoms with Crippen molar-refractivity contribution in [3.8, 4) is 0 Å². The molecule has 4 unspecified atom stereocenters. The van der Waals surface area contributed by atoms with Crippen molar-refractivity contribution in [2.24, 2.45) is 17.8 Å². The molecule has 4 rings (SSSR count). The zero-order chi connectivity index (χ0) is 16.0. The molecular formula is C18H26IN3O. The van der Waals surface area contributed by atoms with E-state index in [-0.39, 0.29) is 5.60 Å². The molecule has 1 aromatic heterocycles. The SMILES string of the molecule is CC(C)Cc1ncnc(NC2CCCC34OCCC3CC24)c1I. The van der Waals surface area contributed by atoms with Crippen molar-refractivity contribution in [2.75, 3.05) is 11.9 Å². The van der Waals surface area contributed by atoms with Gasteiger partial charge in [0.1, 0.15) is 12.1 Å². The van der Waals surface area contributed by atoms with Gasteiger partial charge < -0.3 is 10.1 Å². The maximum absolute atomic E-state index is 6.24. The second-order valence-electron chi connectivity index (χ2n) is 7.86. The van der Waals surface area contributed by atoms with Crippen molar-refractivity contribution < 1.29 is 4.74 Å². The van der Waals surface area contributed by atoms with Crippen LogP contribution in [0.15, 0.2) is 6.33 Å². The average molecular weight is 427 g/mol. The Kier molecular flexibility index (Phi) is 4.28. The molecule has 3 fully saturated rings. The van der Waals surface area contributed by atoms with Gasteiger partial charge in [0.15, 0.2) is 0 Å².